The van der Waals surface area contributed by atoms with Crippen molar-refractivity contribution >= 4 is 60.1 Å². The number of benzene rings is 1. The van der Waals surface area contributed by atoms with E-state index in [2.05, 4.69) is 5.32 Å². The fraction of sp³-hybridized carbons (Fsp3) is 0.571. The number of carbonyl (C=O) groups is 3. The van der Waals surface area contributed by atoms with Crippen molar-refractivity contribution in [1.29, 1.82) is 0 Å². The zero-order valence-electron chi connectivity index (χ0n) is 18.4. The van der Waals surface area contributed by atoms with Gasteiger partial charge in [-0.05, 0) is 45.4 Å². The van der Waals surface area contributed by atoms with Crippen molar-refractivity contribution in [2.75, 3.05) is 37.0 Å². The minimum absolute atomic E-state index is 0. The minimum atomic E-state index is -0.649. The van der Waals surface area contributed by atoms with Crippen molar-refractivity contribution in [3.05, 3.63) is 24.3 Å². The summed E-state index contributed by atoms with van der Waals surface area (Å²) >= 11 is 1.51. The second-order valence-electron chi connectivity index (χ2n) is 6.82. The predicted octanol–water partition coefficient (Wildman–Crippen LogP) is 2.55. The smallest absolute Gasteiger partial charge is 0.326 e. The van der Waals surface area contributed by atoms with Crippen molar-refractivity contribution < 1.29 is 23.9 Å². The molecule has 1 aliphatic rings. The maximum atomic E-state index is 13.4. The molecule has 1 aromatic carbocycles. The van der Waals surface area contributed by atoms with Gasteiger partial charge >= 0.3 is 11.9 Å². The van der Waals surface area contributed by atoms with Crippen LogP contribution in [0.4, 0.5) is 5.69 Å². The molecule has 1 unspecified atom stereocenters. The molecule has 0 aliphatic carbocycles. The fourth-order valence-corrected chi connectivity index (χ4v) is 4.31. The SMILES string of the molecule is CCOC(=O)CN1C(=O)C(N[C@H](CCCCN)C(=O)OCC)CSc2ccccc21.Cl.Cl. The Morgan fingerprint density at radius 2 is 1.88 bits per heavy atom. The Labute approximate surface area is 206 Å². The normalized spacial score (nSPS) is 16.0. The number of fused-ring (bicyclic) bond motifs is 1. The minimum Gasteiger partial charge on any atom is -0.465 e. The van der Waals surface area contributed by atoms with E-state index in [4.69, 9.17) is 15.2 Å². The van der Waals surface area contributed by atoms with Crippen LogP contribution in [0.2, 0.25) is 0 Å². The maximum Gasteiger partial charge on any atom is 0.326 e. The predicted molar refractivity (Wildman–Crippen MR) is 131 cm³/mol. The number of rotatable bonds is 11. The molecule has 1 aliphatic heterocycles. The number of hydrogen-bond acceptors (Lipinski definition) is 8. The van der Waals surface area contributed by atoms with E-state index in [1.54, 1.807) is 13.8 Å². The van der Waals surface area contributed by atoms with Crippen molar-refractivity contribution in [3.8, 4) is 0 Å². The Hall–Kier alpha value is -1.52. The van der Waals surface area contributed by atoms with Crippen LogP contribution < -0.4 is 16.0 Å². The number of para-hydroxylation sites is 1. The number of amides is 1. The van der Waals surface area contributed by atoms with Gasteiger partial charge < -0.3 is 15.2 Å². The monoisotopic (exact) mass is 509 g/mol. The molecular weight excluding hydrogens is 477 g/mol. The molecule has 32 heavy (non-hydrogen) atoms. The van der Waals surface area contributed by atoms with Crippen LogP contribution in [0.15, 0.2) is 29.2 Å². The molecule has 0 saturated carbocycles. The Morgan fingerprint density at radius 3 is 2.53 bits per heavy atom. The molecule has 1 amide bonds. The number of unbranched alkanes of at least 4 members (excludes halogenated alkanes) is 1. The number of nitrogens with zero attached hydrogens (tertiary/aromatic N) is 1. The Kier molecular flexibility index (Phi) is 15.4. The highest BCUT2D eigenvalue weighted by atomic mass is 35.5. The average molecular weight is 510 g/mol. The second-order valence-corrected chi connectivity index (χ2v) is 7.88. The summed E-state index contributed by atoms with van der Waals surface area (Å²) in [7, 11) is 0. The molecule has 0 fully saturated rings. The van der Waals surface area contributed by atoms with Gasteiger partial charge in [-0.15, -0.1) is 36.6 Å². The van der Waals surface area contributed by atoms with E-state index in [1.165, 1.54) is 16.7 Å². The lowest BCUT2D eigenvalue weighted by Crippen LogP contribution is -2.54. The molecule has 0 spiro atoms. The summed E-state index contributed by atoms with van der Waals surface area (Å²) in [6.45, 7) is 4.34. The number of halogens is 2. The first kappa shape index (κ1) is 30.5. The molecule has 11 heteroatoms. The van der Waals surface area contributed by atoms with Crippen molar-refractivity contribution in [2.24, 2.45) is 5.73 Å². The van der Waals surface area contributed by atoms with Gasteiger partial charge in [0, 0.05) is 10.6 Å². The van der Waals surface area contributed by atoms with Crippen LogP contribution >= 0.6 is 36.6 Å². The van der Waals surface area contributed by atoms with Gasteiger partial charge in [0.25, 0.3) is 0 Å². The number of carbonyl (C=O) groups excluding carboxylic acids is 3. The van der Waals surface area contributed by atoms with Crippen LogP contribution in [-0.2, 0) is 23.9 Å². The largest absolute Gasteiger partial charge is 0.465 e. The second kappa shape index (κ2) is 16.1. The van der Waals surface area contributed by atoms with Gasteiger partial charge in [0.2, 0.25) is 5.91 Å². The number of hydrogen-bond donors (Lipinski definition) is 2. The highest BCUT2D eigenvalue weighted by molar-refractivity contribution is 7.99. The van der Waals surface area contributed by atoms with Crippen LogP contribution in [0.3, 0.4) is 0 Å². The third-order valence-electron chi connectivity index (χ3n) is 4.64. The van der Waals surface area contributed by atoms with Crippen LogP contribution in [0.25, 0.3) is 0 Å². The topological polar surface area (TPSA) is 111 Å². The van der Waals surface area contributed by atoms with Gasteiger partial charge in [0.1, 0.15) is 12.6 Å². The molecule has 1 heterocycles. The lowest BCUT2D eigenvalue weighted by molar-refractivity contribution is -0.146. The van der Waals surface area contributed by atoms with Crippen LogP contribution in [0, 0.1) is 0 Å². The molecule has 2 atom stereocenters. The average Bonchev–Trinajstić information content (AvgIpc) is 2.85. The summed E-state index contributed by atoms with van der Waals surface area (Å²) in [4.78, 5) is 40.3. The summed E-state index contributed by atoms with van der Waals surface area (Å²) in [5.74, 6) is -0.696. The Morgan fingerprint density at radius 1 is 1.19 bits per heavy atom. The summed E-state index contributed by atoms with van der Waals surface area (Å²) < 4.78 is 10.2. The first-order valence-electron chi connectivity index (χ1n) is 10.3. The first-order valence-corrected chi connectivity index (χ1v) is 11.3. The summed E-state index contributed by atoms with van der Waals surface area (Å²) in [6, 6.07) is 6.18. The highest BCUT2D eigenvalue weighted by Crippen LogP contribution is 2.34. The standard InChI is InChI=1S/C21H31N3O5S.2ClH/c1-3-28-19(25)13-24-17-10-5-6-11-18(17)30-14-16(20(24)26)23-15(9-7-8-12-22)21(27)29-4-2;;/h5-6,10-11,15-16,23H,3-4,7-9,12-14,22H2,1-2H3;2*1H/t15-,16?;;/m1../s1. The zero-order valence-corrected chi connectivity index (χ0v) is 20.9. The van der Waals surface area contributed by atoms with E-state index in [0.29, 0.717) is 24.4 Å². The molecule has 182 valence electrons. The molecule has 8 nitrogen and oxygen atoms in total. The molecule has 1 aromatic rings. The van der Waals surface area contributed by atoms with Gasteiger partial charge in [0.15, 0.2) is 0 Å². The van der Waals surface area contributed by atoms with Crippen LogP contribution in [0.5, 0.6) is 0 Å². The molecular formula is C21H33Cl2N3O5S. The van der Waals surface area contributed by atoms with Crippen LogP contribution in [0.1, 0.15) is 33.1 Å². The lowest BCUT2D eigenvalue weighted by atomic mass is 10.1. The Balaban J connectivity index is 0.00000480. The van der Waals surface area contributed by atoms with Crippen molar-refractivity contribution in [1.82, 2.24) is 5.32 Å². The molecule has 0 saturated heterocycles. The first-order chi connectivity index (χ1) is 14.5. The summed E-state index contributed by atoms with van der Waals surface area (Å²) in [5.41, 5.74) is 6.24. The summed E-state index contributed by atoms with van der Waals surface area (Å²) in [6.07, 6.45) is 2.05. The van der Waals surface area contributed by atoms with E-state index in [1.807, 2.05) is 24.3 Å². The number of thioether (sulfide) groups is 1. The van der Waals surface area contributed by atoms with Gasteiger partial charge in [0.05, 0.1) is 24.9 Å². The zero-order chi connectivity index (χ0) is 21.9. The fourth-order valence-electron chi connectivity index (χ4n) is 3.22. The lowest BCUT2D eigenvalue weighted by Gasteiger charge is -2.27. The van der Waals surface area contributed by atoms with E-state index >= 15 is 0 Å². The van der Waals surface area contributed by atoms with E-state index < -0.39 is 18.1 Å². The van der Waals surface area contributed by atoms with E-state index in [-0.39, 0.29) is 56.4 Å². The van der Waals surface area contributed by atoms with Crippen molar-refractivity contribution in [3.63, 3.8) is 0 Å². The van der Waals surface area contributed by atoms with E-state index in [0.717, 1.165) is 17.7 Å². The number of anilines is 1. The number of esters is 2. The number of ether oxygens (including phenoxy) is 2. The summed E-state index contributed by atoms with van der Waals surface area (Å²) in [5, 5.41) is 3.18. The van der Waals surface area contributed by atoms with Gasteiger partial charge in [-0.1, -0.05) is 18.6 Å². The third kappa shape index (κ3) is 8.78. The van der Waals surface area contributed by atoms with Gasteiger partial charge in [-0.3, -0.25) is 24.6 Å². The molecule has 0 radical (unpaired) electrons. The molecule has 0 aromatic heterocycles. The quantitative estimate of drug-likeness (QED) is 0.345. The maximum absolute atomic E-state index is 13.4. The van der Waals surface area contributed by atoms with Crippen LogP contribution in [-0.4, -0.2) is 62.0 Å². The third-order valence-corrected chi connectivity index (χ3v) is 5.79. The van der Waals surface area contributed by atoms with Crippen molar-refractivity contribution in [2.45, 2.75) is 50.1 Å². The molecule has 3 N–H and O–H groups in total. The number of nitrogens with one attached hydrogen (secondary N) is 1. The van der Waals surface area contributed by atoms with Gasteiger partial charge in [-0.2, -0.15) is 0 Å². The number of nitrogens with two attached hydrogens (primary N) is 1. The van der Waals surface area contributed by atoms with Gasteiger partial charge in [-0.25, -0.2) is 0 Å². The highest BCUT2D eigenvalue weighted by Gasteiger charge is 2.35. The van der Waals surface area contributed by atoms with E-state index in [9.17, 15) is 14.4 Å². The molecule has 0 bridgehead atoms. The Bertz CT molecular complexity index is 741. The molecule has 2 rings (SSSR count).